The van der Waals surface area contributed by atoms with Crippen LogP contribution in [-0.2, 0) is 9.59 Å². The van der Waals surface area contributed by atoms with Gasteiger partial charge in [0.05, 0.1) is 33.2 Å². The lowest BCUT2D eigenvalue weighted by Gasteiger charge is -2.07. The Morgan fingerprint density at radius 1 is 0.964 bits per heavy atom. The molecule has 146 valence electrons. The Morgan fingerprint density at radius 3 is 2.36 bits per heavy atom. The molecule has 0 saturated carbocycles. The molecule has 2 aromatic carbocycles. The van der Waals surface area contributed by atoms with Crippen LogP contribution in [0.2, 0.25) is 0 Å². The van der Waals surface area contributed by atoms with Crippen molar-refractivity contribution in [2.24, 2.45) is 0 Å². The topological polar surface area (TPSA) is 82.1 Å². The number of hydrogen-bond donors (Lipinski definition) is 1. The third kappa shape index (κ3) is 5.74. The fourth-order valence-electron chi connectivity index (χ4n) is 2.28. The smallest absolute Gasteiger partial charge is 0.163 e. The summed E-state index contributed by atoms with van der Waals surface area (Å²) in [4.78, 5) is 24.3. The molecule has 6 heteroatoms. The van der Waals surface area contributed by atoms with Crippen molar-refractivity contribution in [1.82, 2.24) is 0 Å². The Morgan fingerprint density at radius 2 is 1.64 bits per heavy atom. The molecule has 2 aromatic rings. The highest BCUT2D eigenvalue weighted by Crippen LogP contribution is 2.28. The van der Waals surface area contributed by atoms with Crippen molar-refractivity contribution in [3.8, 4) is 23.0 Å². The molecule has 1 N–H and O–H groups in total. The van der Waals surface area contributed by atoms with Crippen LogP contribution in [0.1, 0.15) is 23.0 Å². The van der Waals surface area contributed by atoms with E-state index in [0.29, 0.717) is 17.1 Å². The van der Waals surface area contributed by atoms with E-state index in [0.717, 1.165) is 18.2 Å². The average Bonchev–Trinajstić information content (AvgIpc) is 2.72. The number of allylic oxidation sites excluding steroid dienone is 2. The Bertz CT molecular complexity index is 1060. The van der Waals surface area contributed by atoms with Crippen LogP contribution in [0.5, 0.6) is 23.0 Å². The van der Waals surface area contributed by atoms with E-state index in [4.69, 9.17) is 15.0 Å². The molecule has 0 aliphatic rings. The fraction of sp³-hybridized carbons (Fsp3) is 0.182. The Kier molecular flexibility index (Phi) is 5.52. The summed E-state index contributed by atoms with van der Waals surface area (Å²) in [5.41, 5.74) is 0.815. The molecule has 28 heavy (non-hydrogen) atoms. The minimum absolute atomic E-state index is 0.142. The Hall–Kier alpha value is -3.54. The fourth-order valence-corrected chi connectivity index (χ4v) is 2.28. The predicted octanol–water partition coefficient (Wildman–Crippen LogP) is 3.67. The number of rotatable bonds is 9. The SMILES string of the molecule is [2H]/C(=C\C(=O)CC(=O)/C=C/c1ccc(OC)c(OC)c1)c1ccc(O)c(OC([2H])([2H])[2H])c1. The van der Waals surface area contributed by atoms with Crippen LogP contribution in [0.15, 0.2) is 48.6 Å². The quantitative estimate of drug-likeness (QED) is 0.523. The maximum absolute atomic E-state index is 12.2. The van der Waals surface area contributed by atoms with Gasteiger partial charge in [0.1, 0.15) is 0 Å². The maximum Gasteiger partial charge on any atom is 0.163 e. The van der Waals surface area contributed by atoms with E-state index < -0.39 is 30.8 Å². The standard InChI is InChI=1S/C22H22O6/c1-26-20-11-7-16(13-22(20)28-3)5-9-18(24)14-17(23)8-4-15-6-10-19(25)21(12-15)27-2/h4-13,25H,14H2,1-3H3/b8-4+,9-5+/i2D3,4D. The summed E-state index contributed by atoms with van der Waals surface area (Å²) in [6, 6.07) is 8.43. The zero-order valence-corrected chi connectivity index (χ0v) is 15.4. The molecule has 0 saturated heterocycles. The molecule has 0 aliphatic heterocycles. The van der Waals surface area contributed by atoms with Gasteiger partial charge in [0.15, 0.2) is 34.6 Å². The molecule has 0 amide bonds. The molecular weight excluding hydrogens is 360 g/mol. The highest BCUT2D eigenvalue weighted by atomic mass is 16.5. The molecular formula is C22H22O6. The number of ketones is 2. The van der Waals surface area contributed by atoms with Gasteiger partial charge in [0.2, 0.25) is 0 Å². The van der Waals surface area contributed by atoms with Gasteiger partial charge in [-0.05, 0) is 47.5 Å². The number of carbonyl (C=O) groups excluding carboxylic acids is 2. The van der Waals surface area contributed by atoms with Crippen LogP contribution in [0.25, 0.3) is 12.1 Å². The van der Waals surface area contributed by atoms with E-state index in [1.54, 1.807) is 18.2 Å². The monoisotopic (exact) mass is 386 g/mol. The Labute approximate surface area is 169 Å². The first-order chi connectivity index (χ1) is 15.0. The van der Waals surface area contributed by atoms with Gasteiger partial charge in [-0.3, -0.25) is 9.59 Å². The first-order valence-corrected chi connectivity index (χ1v) is 8.19. The van der Waals surface area contributed by atoms with Crippen molar-refractivity contribution < 1.29 is 34.4 Å². The van der Waals surface area contributed by atoms with Gasteiger partial charge >= 0.3 is 0 Å². The summed E-state index contributed by atoms with van der Waals surface area (Å²) in [6.45, 7) is 0. The molecule has 0 fully saturated rings. The number of benzene rings is 2. The summed E-state index contributed by atoms with van der Waals surface area (Å²) in [5.74, 6) is -0.799. The van der Waals surface area contributed by atoms with Gasteiger partial charge in [0.25, 0.3) is 0 Å². The normalized spacial score (nSPS) is 13.9. The second-order valence-corrected chi connectivity index (χ2v) is 5.63. The molecule has 0 aromatic heterocycles. The minimum atomic E-state index is -2.79. The maximum atomic E-state index is 12.2. The third-order valence-electron chi connectivity index (χ3n) is 3.69. The van der Waals surface area contributed by atoms with Crippen LogP contribution >= 0.6 is 0 Å². The molecule has 0 heterocycles. The molecule has 0 bridgehead atoms. The van der Waals surface area contributed by atoms with Crippen LogP contribution in [0.3, 0.4) is 0 Å². The number of ether oxygens (including phenoxy) is 3. The highest BCUT2D eigenvalue weighted by Gasteiger charge is 2.06. The average molecular weight is 386 g/mol. The van der Waals surface area contributed by atoms with E-state index in [1.165, 1.54) is 32.4 Å². The van der Waals surface area contributed by atoms with E-state index in [2.05, 4.69) is 4.74 Å². The second-order valence-electron chi connectivity index (χ2n) is 5.63. The summed E-state index contributed by atoms with van der Waals surface area (Å²) >= 11 is 0. The van der Waals surface area contributed by atoms with E-state index >= 15 is 0 Å². The van der Waals surface area contributed by atoms with Crippen LogP contribution < -0.4 is 14.2 Å². The van der Waals surface area contributed by atoms with Crippen molar-refractivity contribution in [1.29, 1.82) is 0 Å². The molecule has 6 nitrogen and oxygen atoms in total. The van der Waals surface area contributed by atoms with Gasteiger partial charge < -0.3 is 19.3 Å². The molecule has 0 radical (unpaired) electrons. The Balaban J connectivity index is 2.07. The van der Waals surface area contributed by atoms with Crippen LogP contribution in [0, 0.1) is 0 Å². The number of hydrogen-bond acceptors (Lipinski definition) is 6. The summed E-state index contributed by atoms with van der Waals surface area (Å²) in [7, 11) is 0.215. The van der Waals surface area contributed by atoms with Crippen molar-refractivity contribution in [3.05, 3.63) is 59.7 Å². The molecule has 0 aliphatic carbocycles. The lowest BCUT2D eigenvalue weighted by Crippen LogP contribution is -2.01. The molecule has 0 unspecified atom stereocenters. The predicted molar refractivity (Wildman–Crippen MR) is 107 cm³/mol. The molecule has 0 spiro atoms. The number of methoxy groups -OCH3 is 3. The number of aromatic hydroxyl groups is 1. The van der Waals surface area contributed by atoms with Crippen molar-refractivity contribution in [3.63, 3.8) is 0 Å². The number of phenols is 1. The third-order valence-corrected chi connectivity index (χ3v) is 3.69. The van der Waals surface area contributed by atoms with Crippen LogP contribution in [0.4, 0.5) is 0 Å². The van der Waals surface area contributed by atoms with Gasteiger partial charge in [0, 0.05) is 0 Å². The highest BCUT2D eigenvalue weighted by molar-refractivity contribution is 6.10. The van der Waals surface area contributed by atoms with Crippen molar-refractivity contribution in [2.75, 3.05) is 21.3 Å². The van der Waals surface area contributed by atoms with Gasteiger partial charge in [-0.1, -0.05) is 24.3 Å². The lowest BCUT2D eigenvalue weighted by atomic mass is 10.1. The zero-order chi connectivity index (χ0) is 23.9. The first-order valence-electron chi connectivity index (χ1n) is 10.2. The van der Waals surface area contributed by atoms with Crippen LogP contribution in [-0.4, -0.2) is 37.9 Å². The van der Waals surface area contributed by atoms with E-state index in [9.17, 15) is 14.7 Å². The van der Waals surface area contributed by atoms with Gasteiger partial charge in [-0.15, -0.1) is 0 Å². The minimum Gasteiger partial charge on any atom is -0.504 e. The number of phenolic OH excluding ortho intramolecular Hbond substituents is 1. The van der Waals surface area contributed by atoms with E-state index in [1.807, 2.05) is 0 Å². The second kappa shape index (κ2) is 9.97. The summed E-state index contributed by atoms with van der Waals surface area (Å²) in [5, 5.41) is 9.71. The molecule has 2 rings (SSSR count). The van der Waals surface area contributed by atoms with Crippen molar-refractivity contribution >= 4 is 23.7 Å². The number of carbonyl (C=O) groups is 2. The lowest BCUT2D eigenvalue weighted by molar-refractivity contribution is -0.121. The summed E-state index contributed by atoms with van der Waals surface area (Å²) in [6.07, 6.45) is 3.28. The first kappa shape index (κ1) is 15.5. The zero-order valence-electron chi connectivity index (χ0n) is 19.4. The summed E-state index contributed by atoms with van der Waals surface area (Å²) < 4.78 is 44.3. The van der Waals surface area contributed by atoms with E-state index in [-0.39, 0.29) is 17.4 Å². The van der Waals surface area contributed by atoms with Crippen molar-refractivity contribution in [2.45, 2.75) is 6.42 Å². The van der Waals surface area contributed by atoms with Gasteiger partial charge in [-0.2, -0.15) is 0 Å². The largest absolute Gasteiger partial charge is 0.504 e. The van der Waals surface area contributed by atoms with Gasteiger partial charge in [-0.25, -0.2) is 0 Å². The molecule has 0 atom stereocenters.